The molecule has 0 atom stereocenters. The van der Waals surface area contributed by atoms with Gasteiger partial charge in [0.1, 0.15) is 11.5 Å². The van der Waals surface area contributed by atoms with E-state index < -0.39 is 6.09 Å². The number of hydrogen-bond donors (Lipinski definition) is 1. The molecule has 1 heterocycles. The average Bonchev–Trinajstić information content (AvgIpc) is 3.61. The van der Waals surface area contributed by atoms with Crippen molar-refractivity contribution < 1.29 is 23.7 Å². The van der Waals surface area contributed by atoms with Crippen molar-refractivity contribution in [3.8, 4) is 23.0 Å². The highest BCUT2D eigenvalue weighted by molar-refractivity contribution is 5.89. The molecule has 0 aliphatic heterocycles. The van der Waals surface area contributed by atoms with Crippen LogP contribution >= 0.6 is 0 Å². The van der Waals surface area contributed by atoms with Gasteiger partial charge in [0.05, 0.1) is 26.3 Å². The zero-order chi connectivity index (χ0) is 22.0. The quantitative estimate of drug-likeness (QED) is 0.532. The van der Waals surface area contributed by atoms with Crippen molar-refractivity contribution in [1.82, 2.24) is 4.98 Å². The lowest BCUT2D eigenvalue weighted by Gasteiger charge is -2.16. The predicted molar refractivity (Wildman–Crippen MR) is 119 cm³/mol. The second kappa shape index (κ2) is 8.71. The van der Waals surface area contributed by atoms with Gasteiger partial charge in [0.15, 0.2) is 11.5 Å². The van der Waals surface area contributed by atoms with Crippen molar-refractivity contribution in [2.45, 2.75) is 26.7 Å². The summed E-state index contributed by atoms with van der Waals surface area (Å²) in [6, 6.07) is 9.14. The van der Waals surface area contributed by atoms with E-state index in [-0.39, 0.29) is 0 Å². The first-order valence-corrected chi connectivity index (χ1v) is 10.2. The van der Waals surface area contributed by atoms with Crippen LogP contribution in [0.1, 0.15) is 24.0 Å². The van der Waals surface area contributed by atoms with Crippen LogP contribution in [0.5, 0.6) is 23.0 Å². The van der Waals surface area contributed by atoms with Crippen LogP contribution in [0, 0.1) is 19.8 Å². The Hall–Kier alpha value is -3.48. The molecule has 3 aromatic rings. The van der Waals surface area contributed by atoms with Crippen LogP contribution in [-0.2, 0) is 4.74 Å². The maximum Gasteiger partial charge on any atom is 0.411 e. The van der Waals surface area contributed by atoms with Crippen LogP contribution < -0.4 is 19.5 Å². The van der Waals surface area contributed by atoms with Crippen molar-refractivity contribution >= 4 is 22.7 Å². The second-order valence-corrected chi connectivity index (χ2v) is 7.66. The summed E-state index contributed by atoms with van der Waals surface area (Å²) in [6.07, 6.45) is 3.54. The number of nitrogens with one attached hydrogen (secondary N) is 1. The molecule has 1 fully saturated rings. The molecule has 7 nitrogen and oxygen atoms in total. The molecule has 0 unspecified atom stereocenters. The van der Waals surface area contributed by atoms with Crippen LogP contribution in [0.2, 0.25) is 0 Å². The Morgan fingerprint density at radius 3 is 2.45 bits per heavy atom. The number of benzene rings is 2. The fourth-order valence-electron chi connectivity index (χ4n) is 3.32. The lowest BCUT2D eigenvalue weighted by atomic mass is 10.1. The highest BCUT2D eigenvalue weighted by Crippen LogP contribution is 2.38. The van der Waals surface area contributed by atoms with Crippen LogP contribution in [0.25, 0.3) is 10.9 Å². The summed E-state index contributed by atoms with van der Waals surface area (Å²) in [4.78, 5) is 16.5. The molecular formula is C24H26N2O5. The van der Waals surface area contributed by atoms with Crippen molar-refractivity contribution in [3.05, 3.63) is 47.7 Å². The molecular weight excluding hydrogens is 396 g/mol. The van der Waals surface area contributed by atoms with E-state index >= 15 is 0 Å². The van der Waals surface area contributed by atoms with Gasteiger partial charge < -0.3 is 18.9 Å². The van der Waals surface area contributed by atoms with Crippen LogP contribution in [0.4, 0.5) is 10.5 Å². The largest absolute Gasteiger partial charge is 0.493 e. The number of methoxy groups -OCH3 is 2. The molecule has 7 heteroatoms. The summed E-state index contributed by atoms with van der Waals surface area (Å²) in [5.74, 6) is 3.08. The van der Waals surface area contributed by atoms with Gasteiger partial charge >= 0.3 is 6.09 Å². The van der Waals surface area contributed by atoms with Crippen molar-refractivity contribution in [3.63, 3.8) is 0 Å². The lowest BCUT2D eigenvalue weighted by Crippen LogP contribution is -2.16. The number of carbonyl (C=O) groups is 1. The number of amides is 1. The van der Waals surface area contributed by atoms with Gasteiger partial charge in [-0.2, -0.15) is 0 Å². The molecule has 1 N–H and O–H groups in total. The minimum Gasteiger partial charge on any atom is -0.493 e. The van der Waals surface area contributed by atoms with Gasteiger partial charge in [-0.15, -0.1) is 0 Å². The summed E-state index contributed by atoms with van der Waals surface area (Å²) in [6.45, 7) is 4.38. The molecule has 0 bridgehead atoms. The number of carbonyl (C=O) groups excluding carboxylic acids is 1. The Bertz CT molecular complexity index is 1120. The number of hydrogen-bond acceptors (Lipinski definition) is 6. The van der Waals surface area contributed by atoms with E-state index in [0.29, 0.717) is 41.2 Å². The van der Waals surface area contributed by atoms with Gasteiger partial charge in [-0.3, -0.25) is 10.3 Å². The second-order valence-electron chi connectivity index (χ2n) is 7.66. The number of fused-ring (bicyclic) bond motifs is 1. The van der Waals surface area contributed by atoms with E-state index in [1.807, 2.05) is 44.2 Å². The van der Waals surface area contributed by atoms with Gasteiger partial charge in [0.25, 0.3) is 0 Å². The van der Waals surface area contributed by atoms with Crippen molar-refractivity contribution in [1.29, 1.82) is 0 Å². The number of aromatic nitrogens is 1. The first-order valence-electron chi connectivity index (χ1n) is 10.2. The van der Waals surface area contributed by atoms with E-state index in [0.717, 1.165) is 34.9 Å². The molecule has 0 spiro atoms. The molecule has 1 aliphatic rings. The van der Waals surface area contributed by atoms with E-state index in [4.69, 9.17) is 18.9 Å². The normalized spacial score (nSPS) is 13.0. The summed E-state index contributed by atoms with van der Waals surface area (Å²) in [5, 5.41) is 3.63. The Morgan fingerprint density at radius 1 is 1.00 bits per heavy atom. The molecule has 0 radical (unpaired) electrons. The van der Waals surface area contributed by atoms with E-state index in [2.05, 4.69) is 10.3 Å². The topological polar surface area (TPSA) is 78.9 Å². The van der Waals surface area contributed by atoms with Crippen molar-refractivity contribution in [2.24, 2.45) is 5.92 Å². The zero-order valence-corrected chi connectivity index (χ0v) is 18.2. The van der Waals surface area contributed by atoms with E-state index in [1.165, 1.54) is 0 Å². The highest BCUT2D eigenvalue weighted by atomic mass is 16.5. The third-order valence-electron chi connectivity index (χ3n) is 5.55. The molecule has 1 saturated carbocycles. The fourth-order valence-corrected chi connectivity index (χ4v) is 3.32. The third kappa shape index (κ3) is 4.50. The Balaban J connectivity index is 1.58. The van der Waals surface area contributed by atoms with Gasteiger partial charge in [-0.05, 0) is 68.0 Å². The molecule has 1 aromatic heterocycles. The molecule has 2 aromatic carbocycles. The van der Waals surface area contributed by atoms with Gasteiger partial charge in [0.2, 0.25) is 0 Å². The third-order valence-corrected chi connectivity index (χ3v) is 5.55. The number of rotatable bonds is 7. The van der Waals surface area contributed by atoms with Gasteiger partial charge in [-0.1, -0.05) is 0 Å². The predicted octanol–water partition coefficient (Wildman–Crippen LogP) is 5.62. The molecule has 4 rings (SSSR count). The van der Waals surface area contributed by atoms with Crippen LogP contribution in [0.15, 0.2) is 36.5 Å². The number of ether oxygens (including phenoxy) is 4. The zero-order valence-electron chi connectivity index (χ0n) is 18.2. The number of nitrogens with zero attached hydrogens (tertiary/aromatic N) is 1. The summed E-state index contributed by atoms with van der Waals surface area (Å²) in [7, 11) is 3.18. The SMILES string of the molecule is COc1cc2nccc(Oc3ccc(NC(=O)OCC4CC4)c(C)c3C)c2cc1OC. The standard InChI is InChI=1S/C24H26N2O5/c1-14-15(2)20(8-7-18(14)26-24(27)30-13-16-5-6-16)31-21-9-10-25-19-12-23(29-4)22(28-3)11-17(19)21/h7-12,16H,5-6,13H2,1-4H3,(H,26,27). The summed E-state index contributed by atoms with van der Waals surface area (Å²) >= 11 is 0. The Kier molecular flexibility index (Phi) is 5.84. The monoisotopic (exact) mass is 422 g/mol. The Labute approximate surface area is 181 Å². The highest BCUT2D eigenvalue weighted by Gasteiger charge is 2.23. The minimum absolute atomic E-state index is 0.427. The summed E-state index contributed by atoms with van der Waals surface area (Å²) in [5.41, 5.74) is 3.28. The lowest BCUT2D eigenvalue weighted by molar-refractivity contribution is 0.156. The van der Waals surface area contributed by atoms with E-state index in [1.54, 1.807) is 20.4 Å². The van der Waals surface area contributed by atoms with Gasteiger partial charge in [0, 0.05) is 23.3 Å². The fraction of sp³-hybridized carbons (Fsp3) is 0.333. The van der Waals surface area contributed by atoms with Crippen LogP contribution in [0.3, 0.4) is 0 Å². The van der Waals surface area contributed by atoms with Crippen molar-refractivity contribution in [2.75, 3.05) is 26.1 Å². The molecule has 162 valence electrons. The minimum atomic E-state index is -0.427. The summed E-state index contributed by atoms with van der Waals surface area (Å²) < 4.78 is 22.3. The number of anilines is 1. The van der Waals surface area contributed by atoms with Gasteiger partial charge in [-0.25, -0.2) is 4.79 Å². The van der Waals surface area contributed by atoms with E-state index in [9.17, 15) is 4.79 Å². The molecule has 31 heavy (non-hydrogen) atoms. The smallest absolute Gasteiger partial charge is 0.411 e. The average molecular weight is 422 g/mol. The molecule has 1 aliphatic carbocycles. The first kappa shape index (κ1) is 20.8. The maximum atomic E-state index is 12.0. The molecule has 1 amide bonds. The maximum absolute atomic E-state index is 12.0. The first-order chi connectivity index (χ1) is 15.0. The Morgan fingerprint density at radius 2 is 1.74 bits per heavy atom. The van der Waals surface area contributed by atoms with Crippen LogP contribution in [-0.4, -0.2) is 31.9 Å². The number of pyridine rings is 1. The molecule has 0 saturated heterocycles.